The Morgan fingerprint density at radius 3 is 2.30 bits per heavy atom. The lowest BCUT2D eigenvalue weighted by atomic mass is 9.82. The molecule has 0 spiro atoms. The van der Waals surface area contributed by atoms with Gasteiger partial charge in [0.15, 0.2) is 8.32 Å². The Morgan fingerprint density at radius 2 is 1.78 bits per heavy atom. The molecule has 0 aromatic carbocycles. The standard InChI is InChI=1S/C16H31BN2O3Si/c1-13(2)23(7,8)20-10-9-19-12-14(11-18-19)17-21-15(3,4)16(5,6)22-17/h11-13H,9-10H2,1-8H3. The Kier molecular flexibility index (Phi) is 5.17. The lowest BCUT2D eigenvalue weighted by Crippen LogP contribution is -2.41. The molecule has 2 heterocycles. The minimum atomic E-state index is -1.58. The van der Waals surface area contributed by atoms with Crippen LogP contribution in [0.15, 0.2) is 12.4 Å². The van der Waals surface area contributed by atoms with Crippen molar-refractivity contribution in [2.75, 3.05) is 6.61 Å². The van der Waals surface area contributed by atoms with E-state index in [-0.39, 0.29) is 18.3 Å². The molecule has 0 amide bonds. The van der Waals surface area contributed by atoms with Crippen LogP contribution in [0, 0.1) is 0 Å². The van der Waals surface area contributed by atoms with Crippen molar-refractivity contribution in [1.82, 2.24) is 9.78 Å². The second-order valence-corrected chi connectivity index (χ2v) is 12.9. The fourth-order valence-corrected chi connectivity index (χ4v) is 3.12. The van der Waals surface area contributed by atoms with Crippen molar-refractivity contribution >= 4 is 20.9 Å². The van der Waals surface area contributed by atoms with Crippen molar-refractivity contribution < 1.29 is 13.7 Å². The third kappa shape index (κ3) is 4.07. The van der Waals surface area contributed by atoms with Crippen LogP contribution < -0.4 is 5.46 Å². The highest BCUT2D eigenvalue weighted by molar-refractivity contribution is 6.72. The van der Waals surface area contributed by atoms with Crippen LogP contribution in [0.4, 0.5) is 0 Å². The van der Waals surface area contributed by atoms with Crippen molar-refractivity contribution in [3.05, 3.63) is 12.4 Å². The van der Waals surface area contributed by atoms with E-state index in [4.69, 9.17) is 13.7 Å². The zero-order chi connectivity index (χ0) is 17.5. The van der Waals surface area contributed by atoms with E-state index >= 15 is 0 Å². The minimum absolute atomic E-state index is 0.324. The first-order valence-electron chi connectivity index (χ1n) is 8.46. The van der Waals surface area contributed by atoms with Gasteiger partial charge in [0.2, 0.25) is 0 Å². The number of hydrogen-bond acceptors (Lipinski definition) is 4. The van der Waals surface area contributed by atoms with Crippen molar-refractivity contribution in [2.45, 2.75) is 77.9 Å². The fraction of sp³-hybridized carbons (Fsp3) is 0.812. The molecule has 130 valence electrons. The monoisotopic (exact) mass is 338 g/mol. The summed E-state index contributed by atoms with van der Waals surface area (Å²) in [5, 5.41) is 4.41. The molecule has 1 aromatic heterocycles. The first-order chi connectivity index (χ1) is 10.4. The number of nitrogens with zero attached hydrogens (tertiary/aromatic N) is 2. The van der Waals surface area contributed by atoms with Crippen molar-refractivity contribution in [3.8, 4) is 0 Å². The topological polar surface area (TPSA) is 45.5 Å². The predicted molar refractivity (Wildman–Crippen MR) is 96.5 cm³/mol. The lowest BCUT2D eigenvalue weighted by Gasteiger charge is -2.32. The van der Waals surface area contributed by atoms with Gasteiger partial charge < -0.3 is 13.7 Å². The maximum atomic E-state index is 6.11. The predicted octanol–water partition coefficient (Wildman–Crippen LogP) is 2.81. The summed E-state index contributed by atoms with van der Waals surface area (Å²) in [5.74, 6) is 0. The van der Waals surface area contributed by atoms with Crippen LogP contribution in [0.3, 0.4) is 0 Å². The van der Waals surface area contributed by atoms with E-state index in [1.807, 2.05) is 17.1 Å². The highest BCUT2D eigenvalue weighted by atomic mass is 28.4. The average Bonchev–Trinajstić information content (AvgIpc) is 2.92. The van der Waals surface area contributed by atoms with Gasteiger partial charge in [-0.2, -0.15) is 5.10 Å². The lowest BCUT2D eigenvalue weighted by molar-refractivity contribution is 0.00578. The molecule has 0 atom stereocenters. The summed E-state index contributed by atoms with van der Waals surface area (Å²) in [7, 11) is -1.93. The summed E-state index contributed by atoms with van der Waals surface area (Å²) in [4.78, 5) is 0. The highest BCUT2D eigenvalue weighted by Crippen LogP contribution is 2.36. The second-order valence-electron chi connectivity index (χ2n) is 8.23. The van der Waals surface area contributed by atoms with Gasteiger partial charge >= 0.3 is 7.12 Å². The van der Waals surface area contributed by atoms with Crippen LogP contribution in [0.5, 0.6) is 0 Å². The molecule has 1 aliphatic heterocycles. The largest absolute Gasteiger partial charge is 0.498 e. The van der Waals surface area contributed by atoms with Crippen LogP contribution in [-0.2, 0) is 20.3 Å². The summed E-state index contributed by atoms with van der Waals surface area (Å²) < 4.78 is 20.1. The summed E-state index contributed by atoms with van der Waals surface area (Å²) in [6, 6.07) is 0. The Labute approximate surface area is 142 Å². The number of hydrogen-bond donors (Lipinski definition) is 0. The Morgan fingerprint density at radius 1 is 1.22 bits per heavy atom. The van der Waals surface area contributed by atoms with Gasteiger partial charge in [0.25, 0.3) is 0 Å². The molecule has 1 aliphatic rings. The fourth-order valence-electron chi connectivity index (χ4n) is 2.17. The van der Waals surface area contributed by atoms with Crippen LogP contribution in [0.1, 0.15) is 41.5 Å². The van der Waals surface area contributed by atoms with E-state index < -0.39 is 8.32 Å². The van der Waals surface area contributed by atoms with Gasteiger partial charge in [-0.05, 0) is 46.3 Å². The van der Waals surface area contributed by atoms with Crippen molar-refractivity contribution in [3.63, 3.8) is 0 Å². The van der Waals surface area contributed by atoms with E-state index in [2.05, 4.69) is 59.7 Å². The number of aromatic nitrogens is 2. The summed E-state index contributed by atoms with van der Waals surface area (Å²) in [6.45, 7) is 18.7. The molecule has 23 heavy (non-hydrogen) atoms. The van der Waals surface area contributed by atoms with E-state index in [1.54, 1.807) is 0 Å². The molecule has 0 aliphatic carbocycles. The molecule has 0 radical (unpaired) electrons. The molecule has 5 nitrogen and oxygen atoms in total. The summed E-state index contributed by atoms with van der Waals surface area (Å²) >= 11 is 0. The zero-order valence-corrected chi connectivity index (χ0v) is 16.8. The van der Waals surface area contributed by atoms with Crippen molar-refractivity contribution in [1.29, 1.82) is 0 Å². The molecule has 2 rings (SSSR count). The van der Waals surface area contributed by atoms with Crippen molar-refractivity contribution in [2.24, 2.45) is 0 Å². The van der Waals surface area contributed by atoms with E-state index in [1.165, 1.54) is 0 Å². The molecule has 0 bridgehead atoms. The molecule has 0 N–H and O–H groups in total. The first-order valence-corrected chi connectivity index (χ1v) is 11.5. The molecule has 0 saturated carbocycles. The highest BCUT2D eigenvalue weighted by Gasteiger charge is 2.52. The molecule has 1 fully saturated rings. The summed E-state index contributed by atoms with van der Waals surface area (Å²) in [5.41, 5.74) is 0.926. The van der Waals surface area contributed by atoms with Gasteiger partial charge in [-0.15, -0.1) is 0 Å². The van der Waals surface area contributed by atoms with Gasteiger partial charge in [0, 0.05) is 17.9 Å². The van der Waals surface area contributed by atoms with Crippen LogP contribution in [0.2, 0.25) is 18.6 Å². The Bertz CT molecular complexity index is 527. The molecular formula is C16H31BN2O3Si. The first kappa shape index (κ1) is 18.7. The van der Waals surface area contributed by atoms with Gasteiger partial charge in [0.1, 0.15) is 0 Å². The van der Waals surface area contributed by atoms with Crippen LogP contribution in [-0.4, -0.2) is 43.0 Å². The van der Waals surface area contributed by atoms with Gasteiger partial charge in [-0.1, -0.05) is 13.8 Å². The second kappa shape index (κ2) is 6.35. The quantitative estimate of drug-likeness (QED) is 0.748. The third-order valence-electron chi connectivity index (χ3n) is 5.36. The molecular weight excluding hydrogens is 307 g/mol. The molecule has 7 heteroatoms. The molecule has 0 unspecified atom stereocenters. The van der Waals surface area contributed by atoms with Gasteiger partial charge in [0.05, 0.1) is 24.4 Å². The SMILES string of the molecule is CC(C)[Si](C)(C)OCCn1cc(B2OC(C)(C)C(C)(C)O2)cn1. The average molecular weight is 338 g/mol. The Hall–Kier alpha value is -0.628. The minimum Gasteiger partial charge on any atom is -0.415 e. The maximum Gasteiger partial charge on any atom is 0.498 e. The van der Waals surface area contributed by atoms with Gasteiger partial charge in [-0.25, -0.2) is 0 Å². The van der Waals surface area contributed by atoms with E-state index in [0.717, 1.165) is 12.0 Å². The smallest absolute Gasteiger partial charge is 0.415 e. The Balaban J connectivity index is 1.92. The zero-order valence-electron chi connectivity index (χ0n) is 15.8. The van der Waals surface area contributed by atoms with E-state index in [9.17, 15) is 0 Å². The third-order valence-corrected chi connectivity index (χ3v) is 9.09. The maximum absolute atomic E-state index is 6.11. The molecule has 1 aromatic rings. The summed E-state index contributed by atoms with van der Waals surface area (Å²) in [6.07, 6.45) is 3.82. The van der Waals surface area contributed by atoms with Gasteiger partial charge in [-0.3, -0.25) is 4.68 Å². The van der Waals surface area contributed by atoms with E-state index in [0.29, 0.717) is 12.1 Å². The van der Waals surface area contributed by atoms with Crippen LogP contribution in [0.25, 0.3) is 0 Å². The normalized spacial score (nSPS) is 20.5. The molecule has 1 saturated heterocycles. The number of rotatable bonds is 6. The van der Waals surface area contributed by atoms with Crippen LogP contribution >= 0.6 is 0 Å².